The van der Waals surface area contributed by atoms with Gasteiger partial charge < -0.3 is 19.7 Å². The van der Waals surface area contributed by atoms with E-state index in [0.29, 0.717) is 5.02 Å². The van der Waals surface area contributed by atoms with E-state index in [2.05, 4.69) is 5.32 Å². The van der Waals surface area contributed by atoms with Crippen LogP contribution in [0.5, 0.6) is 11.5 Å². The first-order chi connectivity index (χ1) is 16.8. The number of carbonyl (C=O) groups excluding carboxylic acids is 2. The van der Waals surface area contributed by atoms with Crippen molar-refractivity contribution >= 4 is 29.1 Å². The second-order valence-electron chi connectivity index (χ2n) is 8.55. The maximum Gasteiger partial charge on any atom is 0.311 e. The maximum absolute atomic E-state index is 13.2. The van der Waals surface area contributed by atoms with Crippen LogP contribution in [0.4, 0.5) is 5.69 Å². The molecule has 1 N–H and O–H groups in total. The second-order valence-corrected chi connectivity index (χ2v) is 8.99. The van der Waals surface area contributed by atoms with E-state index in [-0.39, 0.29) is 42.3 Å². The highest BCUT2D eigenvalue weighted by molar-refractivity contribution is 6.30. The fourth-order valence-corrected chi connectivity index (χ4v) is 4.32. The summed E-state index contributed by atoms with van der Waals surface area (Å²) < 4.78 is 10.7. The molecule has 2 aromatic rings. The van der Waals surface area contributed by atoms with Crippen molar-refractivity contribution in [3.8, 4) is 11.5 Å². The Morgan fingerprint density at radius 2 is 1.94 bits per heavy atom. The maximum atomic E-state index is 13.2. The van der Waals surface area contributed by atoms with Crippen molar-refractivity contribution in [3.63, 3.8) is 0 Å². The number of nitro groups is 1. The Morgan fingerprint density at radius 3 is 2.60 bits per heavy atom. The predicted octanol–water partition coefficient (Wildman–Crippen LogP) is 4.50. The number of amides is 2. The van der Waals surface area contributed by atoms with Gasteiger partial charge in [-0.1, -0.05) is 43.0 Å². The summed E-state index contributed by atoms with van der Waals surface area (Å²) in [4.78, 5) is 38.2. The Hall–Kier alpha value is -3.33. The molecule has 0 spiro atoms. The molecule has 10 heteroatoms. The zero-order chi connectivity index (χ0) is 25.4. The molecule has 2 amide bonds. The number of nitrogens with zero attached hydrogens (tertiary/aromatic N) is 2. The summed E-state index contributed by atoms with van der Waals surface area (Å²) in [5.74, 6) is -0.364. The highest BCUT2D eigenvalue weighted by Gasteiger charge is 2.28. The molecule has 2 aromatic carbocycles. The minimum Gasteiger partial charge on any atom is -0.490 e. The fraction of sp³-hybridized carbons (Fsp3) is 0.440. The van der Waals surface area contributed by atoms with Gasteiger partial charge in [0.1, 0.15) is 11.8 Å². The molecule has 1 aliphatic carbocycles. The van der Waals surface area contributed by atoms with Crippen LogP contribution in [0.3, 0.4) is 0 Å². The molecular formula is C25H30ClN3O6. The normalized spacial score (nSPS) is 14.6. The molecule has 0 saturated heterocycles. The number of nitro benzene ring substituents is 1. The average Bonchev–Trinajstić information content (AvgIpc) is 2.85. The summed E-state index contributed by atoms with van der Waals surface area (Å²) in [5, 5.41) is 14.7. The quantitative estimate of drug-likeness (QED) is 0.377. The topological polar surface area (TPSA) is 111 Å². The summed E-state index contributed by atoms with van der Waals surface area (Å²) in [7, 11) is 1.32. The van der Waals surface area contributed by atoms with E-state index in [1.54, 1.807) is 25.1 Å². The van der Waals surface area contributed by atoms with E-state index in [0.717, 1.165) is 31.2 Å². The van der Waals surface area contributed by atoms with Crippen LogP contribution in [0.25, 0.3) is 0 Å². The lowest BCUT2D eigenvalue weighted by atomic mass is 9.95. The van der Waals surface area contributed by atoms with Gasteiger partial charge in [0.2, 0.25) is 11.7 Å². The molecule has 188 valence electrons. The van der Waals surface area contributed by atoms with Crippen LogP contribution in [0, 0.1) is 10.1 Å². The number of methoxy groups -OCH3 is 1. The molecule has 1 aliphatic rings. The van der Waals surface area contributed by atoms with Crippen LogP contribution in [-0.2, 0) is 16.1 Å². The van der Waals surface area contributed by atoms with E-state index < -0.39 is 16.9 Å². The summed E-state index contributed by atoms with van der Waals surface area (Å²) in [6.07, 6.45) is 5.21. The van der Waals surface area contributed by atoms with E-state index >= 15 is 0 Å². The smallest absolute Gasteiger partial charge is 0.311 e. The van der Waals surface area contributed by atoms with E-state index in [1.165, 1.54) is 36.6 Å². The summed E-state index contributed by atoms with van der Waals surface area (Å²) >= 11 is 6.12. The molecule has 3 rings (SSSR count). The van der Waals surface area contributed by atoms with Crippen molar-refractivity contribution in [3.05, 3.63) is 63.2 Å². The highest BCUT2D eigenvalue weighted by atomic mass is 35.5. The van der Waals surface area contributed by atoms with Gasteiger partial charge in [-0.25, -0.2) is 0 Å². The fourth-order valence-electron chi connectivity index (χ4n) is 4.11. The predicted molar refractivity (Wildman–Crippen MR) is 132 cm³/mol. The zero-order valence-corrected chi connectivity index (χ0v) is 20.6. The Balaban J connectivity index is 1.73. The van der Waals surface area contributed by atoms with Crippen molar-refractivity contribution in [1.29, 1.82) is 0 Å². The molecule has 0 unspecified atom stereocenters. The standard InChI is InChI=1S/C25H30ClN3O6/c1-17(25(31)27-20-9-4-3-5-10-20)28(15-18-7-6-8-19(26)13-18)24(30)16-35-21-11-12-22(29(32)33)23(14-21)34-2/h6-8,11-14,17,20H,3-5,9-10,15-16H2,1-2H3,(H,27,31)/t17-/m1/s1. The van der Waals surface area contributed by atoms with Crippen molar-refractivity contribution in [2.75, 3.05) is 13.7 Å². The van der Waals surface area contributed by atoms with E-state index in [4.69, 9.17) is 21.1 Å². The third-order valence-electron chi connectivity index (χ3n) is 6.07. The molecule has 1 atom stereocenters. The van der Waals surface area contributed by atoms with Crippen molar-refractivity contribution < 1.29 is 24.0 Å². The molecular weight excluding hydrogens is 474 g/mol. The molecule has 9 nitrogen and oxygen atoms in total. The molecule has 0 radical (unpaired) electrons. The number of ether oxygens (including phenoxy) is 2. The molecule has 1 saturated carbocycles. The first kappa shape index (κ1) is 26.3. The minimum absolute atomic E-state index is 0.0240. The van der Waals surface area contributed by atoms with Gasteiger partial charge >= 0.3 is 5.69 Å². The largest absolute Gasteiger partial charge is 0.490 e. The van der Waals surface area contributed by atoms with E-state index in [1.807, 2.05) is 6.07 Å². The Labute approximate surface area is 209 Å². The van der Waals surface area contributed by atoms with Crippen LogP contribution in [0.15, 0.2) is 42.5 Å². The number of carbonyl (C=O) groups is 2. The monoisotopic (exact) mass is 503 g/mol. The van der Waals surface area contributed by atoms with Crippen molar-refractivity contribution in [2.24, 2.45) is 0 Å². The first-order valence-corrected chi connectivity index (χ1v) is 12.0. The third-order valence-corrected chi connectivity index (χ3v) is 6.31. The lowest BCUT2D eigenvalue weighted by molar-refractivity contribution is -0.385. The second kappa shape index (κ2) is 12.4. The summed E-state index contributed by atoms with van der Waals surface area (Å²) in [6.45, 7) is 1.50. The SMILES string of the molecule is COc1cc(OCC(=O)N(Cc2cccc(Cl)c2)[C@H](C)C(=O)NC2CCCCC2)ccc1[N+](=O)[O-]. The van der Waals surface area contributed by atoms with Crippen LogP contribution in [0.2, 0.25) is 5.02 Å². The van der Waals surface area contributed by atoms with Crippen molar-refractivity contribution in [1.82, 2.24) is 10.2 Å². The highest BCUT2D eigenvalue weighted by Crippen LogP contribution is 2.30. The Morgan fingerprint density at radius 1 is 1.20 bits per heavy atom. The van der Waals surface area contributed by atoms with Gasteiger partial charge in [0.25, 0.3) is 5.91 Å². The number of rotatable bonds is 10. The lowest BCUT2D eigenvalue weighted by Crippen LogP contribution is -2.51. The number of halogens is 1. The summed E-state index contributed by atoms with van der Waals surface area (Å²) in [5.41, 5.74) is 0.571. The number of benzene rings is 2. The van der Waals surface area contributed by atoms with Gasteiger partial charge in [-0.3, -0.25) is 19.7 Å². The van der Waals surface area contributed by atoms with Gasteiger partial charge in [0, 0.05) is 29.7 Å². The van der Waals surface area contributed by atoms with Gasteiger partial charge in [0.15, 0.2) is 6.61 Å². The van der Waals surface area contributed by atoms with Crippen LogP contribution < -0.4 is 14.8 Å². The molecule has 0 heterocycles. The zero-order valence-electron chi connectivity index (χ0n) is 19.9. The lowest BCUT2D eigenvalue weighted by Gasteiger charge is -2.31. The Bertz CT molecular complexity index is 1060. The van der Waals surface area contributed by atoms with Crippen molar-refractivity contribution in [2.45, 2.75) is 57.7 Å². The number of hydrogen-bond donors (Lipinski definition) is 1. The Kier molecular flexibility index (Phi) is 9.31. The van der Waals surface area contributed by atoms with Gasteiger partial charge in [-0.2, -0.15) is 0 Å². The van der Waals surface area contributed by atoms with Gasteiger partial charge in [-0.15, -0.1) is 0 Å². The van der Waals surface area contributed by atoms with Gasteiger partial charge in [-0.05, 0) is 43.5 Å². The number of nitrogens with one attached hydrogen (secondary N) is 1. The van der Waals surface area contributed by atoms with E-state index in [9.17, 15) is 19.7 Å². The number of hydrogen-bond acceptors (Lipinski definition) is 6. The average molecular weight is 504 g/mol. The molecule has 35 heavy (non-hydrogen) atoms. The minimum atomic E-state index is -0.738. The first-order valence-electron chi connectivity index (χ1n) is 11.6. The summed E-state index contributed by atoms with van der Waals surface area (Å²) in [6, 6.07) is 10.5. The van der Waals surface area contributed by atoms with Crippen LogP contribution >= 0.6 is 11.6 Å². The molecule has 0 bridgehead atoms. The van der Waals surface area contributed by atoms with Gasteiger partial charge in [0.05, 0.1) is 12.0 Å². The molecule has 0 aliphatic heterocycles. The molecule has 0 aromatic heterocycles. The van der Waals surface area contributed by atoms with Crippen LogP contribution in [0.1, 0.15) is 44.6 Å². The van der Waals surface area contributed by atoms with Crippen LogP contribution in [-0.4, -0.2) is 47.4 Å². The molecule has 1 fully saturated rings. The third kappa shape index (κ3) is 7.32.